The van der Waals surface area contributed by atoms with Crippen molar-refractivity contribution < 1.29 is 4.74 Å². The van der Waals surface area contributed by atoms with Crippen LogP contribution >= 0.6 is 11.5 Å². The molecule has 0 bridgehead atoms. The largest absolute Gasteiger partial charge is 0.490 e. The Morgan fingerprint density at radius 2 is 2.12 bits per heavy atom. The molecular formula is C11H21N3OS. The van der Waals surface area contributed by atoms with E-state index in [0.29, 0.717) is 17.5 Å². The van der Waals surface area contributed by atoms with Crippen molar-refractivity contribution in [2.45, 2.75) is 27.7 Å². The molecule has 0 radical (unpaired) electrons. The highest BCUT2D eigenvalue weighted by Gasteiger charge is 2.23. The second-order valence-electron chi connectivity index (χ2n) is 4.93. The minimum atomic E-state index is 0.226. The van der Waals surface area contributed by atoms with Gasteiger partial charge in [0.2, 0.25) is 0 Å². The zero-order valence-electron chi connectivity index (χ0n) is 10.6. The summed E-state index contributed by atoms with van der Waals surface area (Å²) in [6.07, 6.45) is 0. The molecule has 16 heavy (non-hydrogen) atoms. The Morgan fingerprint density at radius 1 is 1.50 bits per heavy atom. The summed E-state index contributed by atoms with van der Waals surface area (Å²) in [5.41, 5.74) is 5.91. The molecule has 1 aromatic heterocycles. The molecule has 0 aliphatic carbocycles. The average molecular weight is 243 g/mol. The molecule has 1 heterocycles. The molecule has 0 unspecified atom stereocenters. The van der Waals surface area contributed by atoms with Crippen LogP contribution in [0.2, 0.25) is 0 Å². The maximum atomic E-state index is 5.69. The van der Waals surface area contributed by atoms with E-state index in [1.54, 1.807) is 7.11 Å². The predicted octanol–water partition coefficient (Wildman–Crippen LogP) is 2.83. The van der Waals surface area contributed by atoms with E-state index in [4.69, 9.17) is 10.5 Å². The topological polar surface area (TPSA) is 60.2 Å². The van der Waals surface area contributed by atoms with E-state index in [-0.39, 0.29) is 5.41 Å². The third-order valence-electron chi connectivity index (χ3n) is 3.15. The van der Waals surface area contributed by atoms with Crippen molar-refractivity contribution in [2.24, 2.45) is 11.3 Å². The molecule has 92 valence electrons. The van der Waals surface area contributed by atoms with Gasteiger partial charge in [0.25, 0.3) is 0 Å². The normalized spacial score (nSPS) is 11.9. The van der Waals surface area contributed by atoms with Crippen LogP contribution in [0.1, 0.15) is 27.7 Å². The number of hydrogen-bond acceptors (Lipinski definition) is 5. The molecule has 3 N–H and O–H groups in total. The first-order valence-electron chi connectivity index (χ1n) is 5.41. The fourth-order valence-corrected chi connectivity index (χ4v) is 1.80. The van der Waals surface area contributed by atoms with Crippen molar-refractivity contribution in [2.75, 3.05) is 24.7 Å². The third kappa shape index (κ3) is 2.78. The summed E-state index contributed by atoms with van der Waals surface area (Å²) in [5.74, 6) is 1.72. The minimum Gasteiger partial charge on any atom is -0.490 e. The molecule has 0 aromatic carbocycles. The fraction of sp³-hybridized carbons (Fsp3) is 0.727. The third-order valence-corrected chi connectivity index (χ3v) is 3.95. The summed E-state index contributed by atoms with van der Waals surface area (Å²) < 4.78 is 9.27. The zero-order valence-corrected chi connectivity index (χ0v) is 11.4. The first kappa shape index (κ1) is 13.1. The van der Waals surface area contributed by atoms with Gasteiger partial charge < -0.3 is 15.8 Å². The van der Waals surface area contributed by atoms with Crippen LogP contribution in [0, 0.1) is 11.3 Å². The van der Waals surface area contributed by atoms with Gasteiger partial charge in [-0.05, 0) is 22.9 Å². The molecule has 5 heteroatoms. The number of nitrogens with zero attached hydrogens (tertiary/aromatic N) is 1. The van der Waals surface area contributed by atoms with Crippen LogP contribution in [0.4, 0.5) is 10.8 Å². The van der Waals surface area contributed by atoms with Crippen molar-refractivity contribution in [1.82, 2.24) is 4.37 Å². The number of nitrogens with two attached hydrogens (primary N) is 1. The summed E-state index contributed by atoms with van der Waals surface area (Å²) in [6, 6.07) is 0. The Bertz CT molecular complexity index is 347. The lowest BCUT2D eigenvalue weighted by Crippen LogP contribution is -2.28. The van der Waals surface area contributed by atoms with Crippen LogP contribution in [0.15, 0.2) is 0 Å². The molecule has 0 aliphatic rings. The van der Waals surface area contributed by atoms with Gasteiger partial charge >= 0.3 is 0 Å². The van der Waals surface area contributed by atoms with Crippen LogP contribution in [-0.2, 0) is 0 Å². The SMILES string of the molecule is COc1c(N)nsc1NCC(C)(C)C(C)C. The van der Waals surface area contributed by atoms with Gasteiger partial charge in [-0.15, -0.1) is 0 Å². The van der Waals surface area contributed by atoms with E-state index in [1.165, 1.54) is 11.5 Å². The standard InChI is InChI=1S/C11H21N3OS/c1-7(2)11(3,4)6-13-10-8(15-5)9(12)14-16-10/h7,13H,6H2,1-5H3,(H2,12,14). The van der Waals surface area contributed by atoms with Crippen LogP contribution in [0.3, 0.4) is 0 Å². The molecule has 0 saturated carbocycles. The van der Waals surface area contributed by atoms with E-state index in [2.05, 4.69) is 37.4 Å². The fourth-order valence-electron chi connectivity index (χ4n) is 1.12. The van der Waals surface area contributed by atoms with Gasteiger partial charge in [0.05, 0.1) is 7.11 Å². The zero-order chi connectivity index (χ0) is 12.3. The summed E-state index contributed by atoms with van der Waals surface area (Å²) in [5, 5.41) is 4.27. The molecular weight excluding hydrogens is 222 g/mol. The summed E-state index contributed by atoms with van der Waals surface area (Å²) in [6.45, 7) is 9.80. The quantitative estimate of drug-likeness (QED) is 0.835. The predicted molar refractivity (Wildman–Crippen MR) is 70.2 cm³/mol. The molecule has 1 aromatic rings. The average Bonchev–Trinajstić information content (AvgIpc) is 2.56. The van der Waals surface area contributed by atoms with Crippen molar-refractivity contribution in [3.63, 3.8) is 0 Å². The first-order valence-corrected chi connectivity index (χ1v) is 6.19. The second kappa shape index (κ2) is 4.91. The minimum absolute atomic E-state index is 0.226. The highest BCUT2D eigenvalue weighted by Crippen LogP contribution is 2.36. The van der Waals surface area contributed by atoms with Crippen LogP contribution in [0.25, 0.3) is 0 Å². The Morgan fingerprint density at radius 3 is 2.62 bits per heavy atom. The van der Waals surface area contributed by atoms with E-state index < -0.39 is 0 Å². The molecule has 4 nitrogen and oxygen atoms in total. The van der Waals surface area contributed by atoms with Gasteiger partial charge in [0, 0.05) is 6.54 Å². The van der Waals surface area contributed by atoms with Gasteiger partial charge in [-0.1, -0.05) is 27.7 Å². The molecule has 0 aliphatic heterocycles. The van der Waals surface area contributed by atoms with Crippen molar-refractivity contribution in [3.8, 4) is 5.75 Å². The maximum absolute atomic E-state index is 5.69. The van der Waals surface area contributed by atoms with Gasteiger partial charge in [0.15, 0.2) is 16.6 Å². The number of rotatable bonds is 5. The lowest BCUT2D eigenvalue weighted by Gasteiger charge is -2.29. The Balaban J connectivity index is 2.68. The number of anilines is 2. The van der Waals surface area contributed by atoms with Gasteiger partial charge in [-0.3, -0.25) is 0 Å². The van der Waals surface area contributed by atoms with E-state index in [9.17, 15) is 0 Å². The Labute approximate surface area is 101 Å². The number of nitrogen functional groups attached to an aromatic ring is 1. The molecule has 0 atom stereocenters. The van der Waals surface area contributed by atoms with Gasteiger partial charge in [-0.2, -0.15) is 4.37 Å². The van der Waals surface area contributed by atoms with Crippen LogP contribution in [-0.4, -0.2) is 18.0 Å². The number of ether oxygens (including phenoxy) is 1. The number of nitrogens with one attached hydrogen (secondary N) is 1. The van der Waals surface area contributed by atoms with E-state index in [1.807, 2.05) is 0 Å². The highest BCUT2D eigenvalue weighted by atomic mass is 32.1. The van der Waals surface area contributed by atoms with E-state index >= 15 is 0 Å². The maximum Gasteiger partial charge on any atom is 0.197 e. The first-order chi connectivity index (χ1) is 7.38. The number of methoxy groups -OCH3 is 1. The Hall–Kier alpha value is -0.970. The van der Waals surface area contributed by atoms with Crippen molar-refractivity contribution in [1.29, 1.82) is 0 Å². The molecule has 0 saturated heterocycles. The van der Waals surface area contributed by atoms with Crippen molar-refractivity contribution in [3.05, 3.63) is 0 Å². The summed E-state index contributed by atoms with van der Waals surface area (Å²) in [7, 11) is 1.61. The van der Waals surface area contributed by atoms with Gasteiger partial charge in [0.1, 0.15) is 0 Å². The van der Waals surface area contributed by atoms with Crippen LogP contribution in [0.5, 0.6) is 5.75 Å². The summed E-state index contributed by atoms with van der Waals surface area (Å²) >= 11 is 1.34. The summed E-state index contributed by atoms with van der Waals surface area (Å²) in [4.78, 5) is 0. The van der Waals surface area contributed by atoms with Gasteiger partial charge in [-0.25, -0.2) is 0 Å². The lowest BCUT2D eigenvalue weighted by atomic mass is 9.81. The Kier molecular flexibility index (Phi) is 4.02. The van der Waals surface area contributed by atoms with Crippen LogP contribution < -0.4 is 15.8 Å². The monoisotopic (exact) mass is 243 g/mol. The smallest absolute Gasteiger partial charge is 0.197 e. The molecule has 1 rings (SSSR count). The lowest BCUT2D eigenvalue weighted by molar-refractivity contribution is 0.269. The highest BCUT2D eigenvalue weighted by molar-refractivity contribution is 7.11. The van der Waals surface area contributed by atoms with Crippen molar-refractivity contribution >= 4 is 22.4 Å². The molecule has 0 amide bonds. The molecule has 0 spiro atoms. The second-order valence-corrected chi connectivity index (χ2v) is 5.70. The van der Waals surface area contributed by atoms with E-state index in [0.717, 1.165) is 11.5 Å². The molecule has 0 fully saturated rings. The number of hydrogen-bond donors (Lipinski definition) is 2. The number of aromatic nitrogens is 1.